The molecule has 0 aliphatic carbocycles. The zero-order chi connectivity index (χ0) is 27.9. The topological polar surface area (TPSA) is 99.7 Å². The molecule has 0 spiro atoms. The van der Waals surface area contributed by atoms with Gasteiger partial charge in [0.15, 0.2) is 0 Å². The second-order valence-electron chi connectivity index (χ2n) is 10.2. The molecule has 6 rings (SSSR count). The molecule has 0 bridgehead atoms. The molecule has 2 aromatic carbocycles. The molecule has 0 saturated carbocycles. The van der Waals surface area contributed by atoms with E-state index in [4.69, 9.17) is 4.98 Å². The SMILES string of the molecule is CC(=O)N1CCc2c(sc(NC(=O)c3ccc(S(=O)(=O)N4CCCCCC4)cc3)c2-c2nc3ccccc3s2)C1. The molecule has 2 aromatic heterocycles. The zero-order valence-corrected chi connectivity index (χ0v) is 24.6. The number of carbonyl (C=O) groups is 2. The van der Waals surface area contributed by atoms with Crippen molar-refractivity contribution in [3.63, 3.8) is 0 Å². The third-order valence-corrected chi connectivity index (χ3v) is 11.7. The van der Waals surface area contributed by atoms with E-state index >= 15 is 0 Å². The van der Waals surface area contributed by atoms with Gasteiger partial charge in [-0.1, -0.05) is 25.0 Å². The lowest BCUT2D eigenvalue weighted by Crippen LogP contribution is -2.33. The Hall–Kier alpha value is -3.12. The number of nitrogens with zero attached hydrogens (tertiary/aromatic N) is 3. The summed E-state index contributed by atoms with van der Waals surface area (Å²) in [6.45, 7) is 3.77. The largest absolute Gasteiger partial charge is 0.337 e. The van der Waals surface area contributed by atoms with E-state index in [0.717, 1.165) is 56.9 Å². The first-order valence-electron chi connectivity index (χ1n) is 13.5. The van der Waals surface area contributed by atoms with Crippen LogP contribution < -0.4 is 5.32 Å². The number of amides is 2. The Morgan fingerprint density at radius 1 is 0.925 bits per heavy atom. The maximum Gasteiger partial charge on any atom is 0.256 e. The maximum absolute atomic E-state index is 13.4. The third kappa shape index (κ3) is 5.18. The van der Waals surface area contributed by atoms with Crippen LogP contribution in [0.4, 0.5) is 5.00 Å². The second-order valence-corrected chi connectivity index (χ2v) is 14.3. The van der Waals surface area contributed by atoms with E-state index in [0.29, 0.717) is 43.2 Å². The van der Waals surface area contributed by atoms with Gasteiger partial charge in [0.05, 0.1) is 21.7 Å². The van der Waals surface area contributed by atoms with Gasteiger partial charge in [-0.2, -0.15) is 4.31 Å². The summed E-state index contributed by atoms with van der Waals surface area (Å²) in [5.41, 5.74) is 3.32. The molecule has 2 amide bonds. The van der Waals surface area contributed by atoms with Crippen LogP contribution in [0.5, 0.6) is 0 Å². The van der Waals surface area contributed by atoms with E-state index in [-0.39, 0.29) is 16.7 Å². The van der Waals surface area contributed by atoms with Gasteiger partial charge in [0.1, 0.15) is 10.0 Å². The van der Waals surface area contributed by atoms with Crippen molar-refractivity contribution in [1.29, 1.82) is 0 Å². The predicted molar refractivity (Wildman–Crippen MR) is 159 cm³/mol. The number of benzene rings is 2. The average molecular weight is 595 g/mol. The summed E-state index contributed by atoms with van der Waals surface area (Å²) in [5.74, 6) is -0.288. The van der Waals surface area contributed by atoms with Crippen molar-refractivity contribution in [2.24, 2.45) is 0 Å². The standard InChI is InChI=1S/C29H30N4O4S3/c1-19(34)32-17-14-22-25(18-32)39-29(26(22)28-30-23-8-4-5-9-24(23)38-28)31-27(35)20-10-12-21(13-11-20)40(36,37)33-15-6-2-3-7-16-33/h4-5,8-13H,2-3,6-7,14-18H2,1H3,(H,31,35). The molecule has 11 heteroatoms. The van der Waals surface area contributed by atoms with Crippen LogP contribution in [0.25, 0.3) is 20.8 Å². The number of thiazole rings is 1. The first kappa shape index (κ1) is 27.1. The molecule has 0 atom stereocenters. The number of anilines is 1. The number of fused-ring (bicyclic) bond motifs is 2. The Balaban J connectivity index is 1.30. The number of sulfonamides is 1. The lowest BCUT2D eigenvalue weighted by atomic mass is 10.0. The summed E-state index contributed by atoms with van der Waals surface area (Å²) in [6.07, 6.45) is 4.51. The van der Waals surface area contributed by atoms with Crippen LogP contribution in [-0.2, 0) is 27.8 Å². The summed E-state index contributed by atoms with van der Waals surface area (Å²) >= 11 is 3.06. The fraction of sp³-hybridized carbons (Fsp3) is 0.345. The summed E-state index contributed by atoms with van der Waals surface area (Å²) in [7, 11) is -3.59. The van der Waals surface area contributed by atoms with Crippen molar-refractivity contribution >= 4 is 59.7 Å². The maximum atomic E-state index is 13.4. The highest BCUT2D eigenvalue weighted by molar-refractivity contribution is 7.89. The first-order valence-corrected chi connectivity index (χ1v) is 16.6. The van der Waals surface area contributed by atoms with Crippen LogP contribution in [0.1, 0.15) is 53.4 Å². The van der Waals surface area contributed by atoms with Gasteiger partial charge in [0.2, 0.25) is 15.9 Å². The Kier molecular flexibility index (Phi) is 7.47. The smallest absolute Gasteiger partial charge is 0.256 e. The summed E-state index contributed by atoms with van der Waals surface area (Å²) in [6, 6.07) is 14.1. The predicted octanol–water partition coefficient (Wildman–Crippen LogP) is 5.75. The minimum absolute atomic E-state index is 0.0291. The molecule has 4 aromatic rings. The number of aromatic nitrogens is 1. The number of thiophene rings is 1. The molecule has 0 radical (unpaired) electrons. The van der Waals surface area contributed by atoms with Gasteiger partial charge >= 0.3 is 0 Å². The highest BCUT2D eigenvalue weighted by atomic mass is 32.2. The first-order chi connectivity index (χ1) is 19.3. The Morgan fingerprint density at radius 3 is 2.35 bits per heavy atom. The lowest BCUT2D eigenvalue weighted by Gasteiger charge is -2.26. The Morgan fingerprint density at radius 2 is 1.65 bits per heavy atom. The molecule has 1 N–H and O–H groups in total. The van der Waals surface area contributed by atoms with E-state index in [1.165, 1.54) is 23.5 Å². The Labute approximate surface area is 241 Å². The monoisotopic (exact) mass is 594 g/mol. The van der Waals surface area contributed by atoms with Crippen molar-refractivity contribution < 1.29 is 18.0 Å². The van der Waals surface area contributed by atoms with E-state index in [1.54, 1.807) is 34.7 Å². The number of hydrogen-bond acceptors (Lipinski definition) is 7. The number of nitrogens with one attached hydrogen (secondary N) is 1. The van der Waals surface area contributed by atoms with Crippen LogP contribution in [0.2, 0.25) is 0 Å². The Bertz CT molecular complexity index is 1650. The molecule has 2 aliphatic heterocycles. The number of para-hydroxylation sites is 1. The van der Waals surface area contributed by atoms with Gasteiger partial charge in [-0.25, -0.2) is 13.4 Å². The fourth-order valence-electron chi connectivity index (χ4n) is 5.35. The van der Waals surface area contributed by atoms with Gasteiger partial charge < -0.3 is 10.2 Å². The van der Waals surface area contributed by atoms with Crippen molar-refractivity contribution in [3.05, 3.63) is 64.5 Å². The quantitative estimate of drug-likeness (QED) is 0.317. The molecule has 40 heavy (non-hydrogen) atoms. The van der Waals surface area contributed by atoms with Gasteiger partial charge in [-0.3, -0.25) is 9.59 Å². The summed E-state index contributed by atoms with van der Waals surface area (Å²) < 4.78 is 29.0. The van der Waals surface area contributed by atoms with Gasteiger partial charge in [0.25, 0.3) is 5.91 Å². The van der Waals surface area contributed by atoms with Gasteiger partial charge in [0, 0.05) is 42.6 Å². The summed E-state index contributed by atoms with van der Waals surface area (Å²) in [4.78, 5) is 33.4. The third-order valence-electron chi connectivity index (χ3n) is 7.56. The number of carbonyl (C=O) groups excluding carboxylic acids is 2. The van der Waals surface area contributed by atoms with Gasteiger partial charge in [-0.15, -0.1) is 22.7 Å². The number of hydrogen-bond donors (Lipinski definition) is 1. The molecule has 0 unspecified atom stereocenters. The van der Waals surface area contributed by atoms with Crippen LogP contribution in [-0.4, -0.2) is 54.1 Å². The van der Waals surface area contributed by atoms with E-state index in [1.807, 2.05) is 29.2 Å². The van der Waals surface area contributed by atoms with Crippen molar-refractivity contribution in [3.8, 4) is 10.6 Å². The van der Waals surface area contributed by atoms with E-state index < -0.39 is 10.0 Å². The molecule has 4 heterocycles. The second kappa shape index (κ2) is 11.0. The highest BCUT2D eigenvalue weighted by Gasteiger charge is 2.29. The van der Waals surface area contributed by atoms with Crippen LogP contribution >= 0.6 is 22.7 Å². The number of rotatable bonds is 5. The van der Waals surface area contributed by atoms with Gasteiger partial charge in [-0.05, 0) is 61.2 Å². The van der Waals surface area contributed by atoms with E-state index in [2.05, 4.69) is 5.32 Å². The molecule has 8 nitrogen and oxygen atoms in total. The molecule has 1 saturated heterocycles. The fourth-order valence-corrected chi connectivity index (χ4v) is 9.24. The van der Waals surface area contributed by atoms with Crippen LogP contribution in [0.15, 0.2) is 53.4 Å². The van der Waals surface area contributed by atoms with Crippen molar-refractivity contribution in [2.75, 3.05) is 25.0 Å². The highest BCUT2D eigenvalue weighted by Crippen LogP contribution is 2.45. The minimum Gasteiger partial charge on any atom is -0.337 e. The molecule has 1 fully saturated rings. The lowest BCUT2D eigenvalue weighted by molar-refractivity contribution is -0.129. The normalized spacial score (nSPS) is 16.5. The zero-order valence-electron chi connectivity index (χ0n) is 22.2. The van der Waals surface area contributed by atoms with Crippen LogP contribution in [0, 0.1) is 0 Å². The van der Waals surface area contributed by atoms with Crippen LogP contribution in [0.3, 0.4) is 0 Å². The molecule has 2 aliphatic rings. The van der Waals surface area contributed by atoms with Crippen molar-refractivity contribution in [1.82, 2.24) is 14.2 Å². The summed E-state index contributed by atoms with van der Waals surface area (Å²) in [5, 5.41) is 4.62. The molecular weight excluding hydrogens is 565 g/mol. The molecular formula is C29H30N4O4S3. The minimum atomic E-state index is -3.59. The average Bonchev–Trinajstić information content (AvgIpc) is 3.41. The van der Waals surface area contributed by atoms with E-state index in [9.17, 15) is 18.0 Å². The van der Waals surface area contributed by atoms with Crippen molar-refractivity contribution in [2.45, 2.75) is 50.5 Å². The molecule has 208 valence electrons.